The van der Waals surface area contributed by atoms with E-state index in [2.05, 4.69) is 92.0 Å². The fraction of sp³-hybridized carbons (Fsp3) is 1.00. The van der Waals surface area contributed by atoms with Crippen molar-refractivity contribution in [2.24, 2.45) is 0 Å². The van der Waals surface area contributed by atoms with Crippen molar-refractivity contribution in [1.29, 1.82) is 0 Å². The van der Waals surface area contributed by atoms with Crippen molar-refractivity contribution >= 4 is 49.4 Å². The second-order valence-corrected chi connectivity index (χ2v) is 42.0. The van der Waals surface area contributed by atoms with Crippen LogP contribution in [0.25, 0.3) is 0 Å². The van der Waals surface area contributed by atoms with Crippen molar-refractivity contribution in [1.82, 2.24) is 0 Å². The van der Waals surface area contributed by atoms with E-state index in [0.29, 0.717) is 0 Å². The van der Waals surface area contributed by atoms with Gasteiger partial charge in [0.05, 0.1) is 7.59 Å². The molecule has 0 saturated heterocycles. The monoisotopic (exact) mass is 470 g/mol. The molecule has 10 heteroatoms. The minimum Gasteiger partial charge on any atom is -0.439 e. The van der Waals surface area contributed by atoms with Crippen molar-refractivity contribution in [3.8, 4) is 0 Å². The summed E-state index contributed by atoms with van der Waals surface area (Å²) in [5.74, 6) is 0. The van der Waals surface area contributed by atoms with Gasteiger partial charge in [0.1, 0.15) is 0 Å². The van der Waals surface area contributed by atoms with Gasteiger partial charge in [0.15, 0.2) is 16.2 Å². The molecule has 26 heavy (non-hydrogen) atoms. The Bertz CT molecular complexity index is 457. The van der Waals surface area contributed by atoms with Gasteiger partial charge >= 0.3 is 25.7 Å². The summed E-state index contributed by atoms with van der Waals surface area (Å²) in [6, 6.07) is 1.23. The molecule has 0 radical (unpaired) electrons. The van der Waals surface area contributed by atoms with Gasteiger partial charge in [-0.3, -0.25) is 0 Å². The van der Waals surface area contributed by atoms with E-state index < -0.39 is 49.4 Å². The Kier molecular flexibility index (Phi) is 9.27. The Morgan fingerprint density at radius 3 is 1.15 bits per heavy atom. The SMILES string of the molecule is CCC[Si](C)(O[Si](C)(C)O[Si](C)(C)O[Si](C)(C)O[Si](C)(C)C)[Si](C)(C)C. The van der Waals surface area contributed by atoms with Crippen LogP contribution in [0.3, 0.4) is 0 Å². The highest BCUT2D eigenvalue weighted by Gasteiger charge is 2.50. The minimum absolute atomic E-state index is 1.19. The average molecular weight is 471 g/mol. The summed E-state index contributed by atoms with van der Waals surface area (Å²) in [5, 5.41) is 0. The summed E-state index contributed by atoms with van der Waals surface area (Å²) in [4.78, 5) is 0. The normalized spacial score (nSPS) is 17.3. The molecule has 0 spiro atoms. The van der Waals surface area contributed by atoms with Crippen molar-refractivity contribution in [3.63, 3.8) is 0 Å². The van der Waals surface area contributed by atoms with Gasteiger partial charge in [0, 0.05) is 0 Å². The Labute approximate surface area is 170 Å². The molecule has 0 aliphatic rings. The molecule has 4 nitrogen and oxygen atoms in total. The lowest BCUT2D eigenvalue weighted by molar-refractivity contribution is 0.300. The molecule has 0 saturated carbocycles. The van der Waals surface area contributed by atoms with Crippen molar-refractivity contribution < 1.29 is 16.5 Å². The Morgan fingerprint density at radius 1 is 0.500 bits per heavy atom. The molecule has 158 valence electrons. The second kappa shape index (κ2) is 8.88. The third-order valence-electron chi connectivity index (χ3n) is 4.32. The van der Waals surface area contributed by atoms with Crippen molar-refractivity contribution in [2.75, 3.05) is 0 Å². The zero-order valence-electron chi connectivity index (χ0n) is 20.0. The second-order valence-electron chi connectivity index (χ2n) is 11.0. The lowest BCUT2D eigenvalue weighted by Gasteiger charge is -2.46. The van der Waals surface area contributed by atoms with E-state index in [9.17, 15) is 0 Å². The van der Waals surface area contributed by atoms with Gasteiger partial charge in [0.2, 0.25) is 0 Å². The minimum atomic E-state index is -2.32. The van der Waals surface area contributed by atoms with Crippen LogP contribution in [-0.2, 0) is 16.5 Å². The maximum atomic E-state index is 6.94. The molecular formula is C16H46O4Si6. The summed E-state index contributed by atoms with van der Waals surface area (Å²) in [6.45, 7) is 31.8. The van der Waals surface area contributed by atoms with Crippen LogP contribution < -0.4 is 0 Å². The highest BCUT2D eigenvalue weighted by Crippen LogP contribution is 2.32. The summed E-state index contributed by atoms with van der Waals surface area (Å²) < 4.78 is 26.5. The van der Waals surface area contributed by atoms with Crippen LogP contribution >= 0.6 is 0 Å². The van der Waals surface area contributed by atoms with Gasteiger partial charge in [-0.05, 0) is 71.5 Å². The molecule has 0 fully saturated rings. The third-order valence-corrected chi connectivity index (χ3v) is 36.2. The molecule has 0 heterocycles. The lowest BCUT2D eigenvalue weighted by Crippen LogP contribution is -2.64. The van der Waals surface area contributed by atoms with Crippen LogP contribution in [0.1, 0.15) is 13.3 Å². The predicted molar refractivity (Wildman–Crippen MR) is 130 cm³/mol. The summed E-state index contributed by atoms with van der Waals surface area (Å²) in [6.07, 6.45) is 1.19. The summed E-state index contributed by atoms with van der Waals surface area (Å²) in [7, 11) is -11.5. The molecule has 0 aliphatic heterocycles. The van der Waals surface area contributed by atoms with Crippen LogP contribution in [0, 0.1) is 0 Å². The maximum absolute atomic E-state index is 6.94. The molecule has 0 amide bonds. The van der Waals surface area contributed by atoms with E-state index in [1.165, 1.54) is 12.5 Å². The molecule has 0 aromatic heterocycles. The molecule has 0 rings (SSSR count). The highest BCUT2D eigenvalue weighted by atomic mass is 29.3. The third kappa shape index (κ3) is 10.1. The Balaban J connectivity index is 5.26. The molecule has 0 N–H and O–H groups in total. The molecule has 0 aromatic carbocycles. The maximum Gasteiger partial charge on any atom is 0.314 e. The van der Waals surface area contributed by atoms with Crippen LogP contribution in [0.5, 0.6) is 0 Å². The Morgan fingerprint density at radius 2 is 0.846 bits per heavy atom. The van der Waals surface area contributed by atoms with Crippen molar-refractivity contribution in [3.05, 3.63) is 0 Å². The quantitative estimate of drug-likeness (QED) is 0.327. The lowest BCUT2D eigenvalue weighted by atomic mass is 10.6. The number of hydrogen-bond acceptors (Lipinski definition) is 4. The van der Waals surface area contributed by atoms with Gasteiger partial charge in [-0.25, -0.2) is 0 Å². The average Bonchev–Trinajstić information content (AvgIpc) is 2.17. The van der Waals surface area contributed by atoms with Gasteiger partial charge < -0.3 is 16.5 Å². The zero-order chi connectivity index (χ0) is 21.2. The first-order valence-electron chi connectivity index (χ1n) is 9.94. The summed E-state index contributed by atoms with van der Waals surface area (Å²) >= 11 is 0. The summed E-state index contributed by atoms with van der Waals surface area (Å²) in [5.41, 5.74) is 0. The molecular weight excluding hydrogens is 425 g/mol. The first-order valence-corrected chi connectivity index (χ1v) is 28.9. The van der Waals surface area contributed by atoms with Gasteiger partial charge in [0.25, 0.3) is 0 Å². The predicted octanol–water partition coefficient (Wildman–Crippen LogP) is 6.40. The van der Waals surface area contributed by atoms with Crippen LogP contribution in [0.15, 0.2) is 0 Å². The molecule has 0 aliphatic carbocycles. The van der Waals surface area contributed by atoms with Gasteiger partial charge in [-0.15, -0.1) is 0 Å². The standard InChI is InChI=1S/C16H46O4Si6/c1-15-16-26(14,22(5,6)7)20-25(12,13)19-24(10,11)18-23(8,9)17-21(2,3)4/h15-16H2,1-14H3. The first kappa shape index (κ1) is 27.1. The molecule has 1 atom stereocenters. The molecule has 1 unspecified atom stereocenters. The van der Waals surface area contributed by atoms with Gasteiger partial charge in [-0.2, -0.15) is 0 Å². The van der Waals surface area contributed by atoms with Crippen LogP contribution in [0.2, 0.25) is 91.2 Å². The van der Waals surface area contributed by atoms with E-state index in [0.717, 1.165) is 0 Å². The molecule has 0 aromatic rings. The van der Waals surface area contributed by atoms with E-state index >= 15 is 0 Å². The number of hydrogen-bond donors (Lipinski definition) is 0. The van der Waals surface area contributed by atoms with Crippen LogP contribution in [-0.4, -0.2) is 49.4 Å². The van der Waals surface area contributed by atoms with E-state index in [1.807, 2.05) is 0 Å². The number of rotatable bonds is 11. The fourth-order valence-electron chi connectivity index (χ4n) is 3.58. The smallest absolute Gasteiger partial charge is 0.314 e. The Hall–Kier alpha value is 1.14. The van der Waals surface area contributed by atoms with Crippen molar-refractivity contribution in [2.45, 2.75) is 104 Å². The topological polar surface area (TPSA) is 36.9 Å². The zero-order valence-corrected chi connectivity index (χ0v) is 26.0. The van der Waals surface area contributed by atoms with E-state index in [-0.39, 0.29) is 0 Å². The van der Waals surface area contributed by atoms with Crippen LogP contribution in [0.4, 0.5) is 0 Å². The van der Waals surface area contributed by atoms with Gasteiger partial charge in [-0.1, -0.05) is 33.0 Å². The highest BCUT2D eigenvalue weighted by molar-refractivity contribution is 7.39. The largest absolute Gasteiger partial charge is 0.439 e. The van der Waals surface area contributed by atoms with E-state index in [1.54, 1.807) is 0 Å². The first-order chi connectivity index (χ1) is 11.1. The fourth-order valence-corrected chi connectivity index (χ4v) is 36.2. The molecule has 0 bridgehead atoms. The van der Waals surface area contributed by atoms with E-state index in [4.69, 9.17) is 16.5 Å².